The largest absolute Gasteiger partial charge is 0.369 e. The Balaban J connectivity index is 2.34. The van der Waals surface area contributed by atoms with Crippen molar-refractivity contribution in [1.82, 2.24) is 5.32 Å². The molecular formula is C17H24N2O2. The van der Waals surface area contributed by atoms with Gasteiger partial charge in [0.05, 0.1) is 0 Å². The van der Waals surface area contributed by atoms with Crippen LogP contribution in [0.3, 0.4) is 0 Å². The van der Waals surface area contributed by atoms with Crippen molar-refractivity contribution in [2.24, 2.45) is 5.92 Å². The van der Waals surface area contributed by atoms with Gasteiger partial charge in [-0.1, -0.05) is 33.3 Å². The van der Waals surface area contributed by atoms with Gasteiger partial charge in [-0.3, -0.25) is 4.90 Å². The maximum atomic E-state index is 12.0. The lowest BCUT2D eigenvalue weighted by molar-refractivity contribution is 0.199. The molecule has 1 heterocycles. The van der Waals surface area contributed by atoms with Gasteiger partial charge in [-0.2, -0.15) is 0 Å². The number of nitrogens with zero attached hydrogens (tertiary/aromatic N) is 1. The Hall–Kier alpha value is -1.81. The second-order valence-electron chi connectivity index (χ2n) is 5.62. The van der Waals surface area contributed by atoms with Crippen LogP contribution in [0, 0.1) is 5.92 Å². The Kier molecular flexibility index (Phi) is 5.02. The first-order valence-electron chi connectivity index (χ1n) is 7.63. The van der Waals surface area contributed by atoms with E-state index in [4.69, 9.17) is 0 Å². The molecule has 0 saturated carbocycles. The van der Waals surface area contributed by atoms with Crippen LogP contribution < -0.4 is 10.2 Å². The molecule has 0 fully saturated rings. The van der Waals surface area contributed by atoms with Crippen molar-refractivity contribution in [1.29, 1.82) is 0 Å². The molecule has 0 saturated heterocycles. The molecule has 1 aromatic rings. The van der Waals surface area contributed by atoms with Gasteiger partial charge in [0, 0.05) is 11.9 Å². The number of hydrogen-bond acceptors (Lipinski definition) is 2. The van der Waals surface area contributed by atoms with E-state index in [1.807, 2.05) is 12.1 Å². The van der Waals surface area contributed by atoms with Gasteiger partial charge in [0.15, 0.2) is 6.23 Å². The van der Waals surface area contributed by atoms with E-state index in [1.165, 1.54) is 22.2 Å². The van der Waals surface area contributed by atoms with Crippen LogP contribution in [0.15, 0.2) is 30.5 Å². The summed E-state index contributed by atoms with van der Waals surface area (Å²) in [6.07, 6.45) is 5.22. The summed E-state index contributed by atoms with van der Waals surface area (Å²) < 4.78 is 0. The molecule has 114 valence electrons. The van der Waals surface area contributed by atoms with E-state index in [-0.39, 0.29) is 6.03 Å². The van der Waals surface area contributed by atoms with Gasteiger partial charge in [-0.25, -0.2) is 4.79 Å². The number of rotatable bonds is 5. The van der Waals surface area contributed by atoms with E-state index in [9.17, 15) is 9.90 Å². The first kappa shape index (κ1) is 15.6. The van der Waals surface area contributed by atoms with Crippen LogP contribution >= 0.6 is 0 Å². The molecule has 0 radical (unpaired) electrons. The fraction of sp³-hybridized carbons (Fsp3) is 0.471. The van der Waals surface area contributed by atoms with Crippen LogP contribution in [0.25, 0.3) is 0 Å². The first-order valence-corrected chi connectivity index (χ1v) is 7.63. The molecule has 0 bridgehead atoms. The quantitative estimate of drug-likeness (QED) is 0.874. The van der Waals surface area contributed by atoms with Gasteiger partial charge in [0.2, 0.25) is 0 Å². The van der Waals surface area contributed by atoms with E-state index in [1.54, 1.807) is 6.08 Å². The number of benzene rings is 1. The second kappa shape index (κ2) is 6.76. The first-order chi connectivity index (χ1) is 10.1. The van der Waals surface area contributed by atoms with Gasteiger partial charge in [0.25, 0.3) is 0 Å². The van der Waals surface area contributed by atoms with E-state index in [0.29, 0.717) is 5.92 Å². The molecule has 2 N–H and O–H groups in total. The molecule has 4 heteroatoms. The number of hydrogen-bond donors (Lipinski definition) is 2. The van der Waals surface area contributed by atoms with Gasteiger partial charge < -0.3 is 10.4 Å². The molecule has 0 aliphatic carbocycles. The fourth-order valence-electron chi connectivity index (χ4n) is 2.57. The molecule has 2 unspecified atom stereocenters. The Bertz CT molecular complexity index is 540. The van der Waals surface area contributed by atoms with Gasteiger partial charge in [-0.15, -0.1) is 0 Å². The van der Waals surface area contributed by atoms with Gasteiger partial charge >= 0.3 is 6.03 Å². The van der Waals surface area contributed by atoms with Crippen LogP contribution in [-0.2, 0) is 12.8 Å². The zero-order valence-corrected chi connectivity index (χ0v) is 13.0. The second-order valence-corrected chi connectivity index (χ2v) is 5.62. The van der Waals surface area contributed by atoms with Gasteiger partial charge in [-0.05, 0) is 48.1 Å². The molecule has 2 amide bonds. The van der Waals surface area contributed by atoms with Crippen molar-refractivity contribution in [2.45, 2.75) is 46.3 Å². The van der Waals surface area contributed by atoms with E-state index >= 15 is 0 Å². The topological polar surface area (TPSA) is 52.6 Å². The normalized spacial score (nSPS) is 19.5. The lowest BCUT2D eigenvalue weighted by atomic mass is 9.93. The number of amides is 2. The summed E-state index contributed by atoms with van der Waals surface area (Å²) >= 11 is 0. The van der Waals surface area contributed by atoms with Crippen molar-refractivity contribution < 1.29 is 9.90 Å². The van der Waals surface area contributed by atoms with Gasteiger partial charge in [0.1, 0.15) is 0 Å². The molecule has 1 aromatic carbocycles. The Morgan fingerprint density at radius 3 is 2.71 bits per heavy atom. The summed E-state index contributed by atoms with van der Waals surface area (Å²) in [4.78, 5) is 13.3. The Morgan fingerprint density at radius 1 is 1.33 bits per heavy atom. The number of carbonyl (C=O) groups excluding carboxylic acids is 1. The number of urea groups is 1. The predicted molar refractivity (Wildman–Crippen MR) is 85.1 cm³/mol. The minimum atomic E-state index is -0.914. The monoisotopic (exact) mass is 288 g/mol. The van der Waals surface area contributed by atoms with E-state index in [0.717, 1.165) is 24.9 Å². The number of anilines is 1. The zero-order chi connectivity index (χ0) is 15.4. The maximum absolute atomic E-state index is 12.0. The average Bonchev–Trinajstić information content (AvgIpc) is 2.47. The van der Waals surface area contributed by atoms with E-state index < -0.39 is 6.23 Å². The SMILES string of the molecule is CCc1ccc(N2C(=O)NC=CC2O)cc1CC(C)CC. The summed E-state index contributed by atoms with van der Waals surface area (Å²) in [5.74, 6) is 0.602. The average molecular weight is 288 g/mol. The molecule has 4 nitrogen and oxygen atoms in total. The van der Waals surface area contributed by atoms with E-state index in [2.05, 4.69) is 32.2 Å². The third-order valence-electron chi connectivity index (χ3n) is 4.07. The number of nitrogens with one attached hydrogen (secondary N) is 1. The molecule has 2 rings (SSSR count). The number of carbonyl (C=O) groups is 1. The van der Waals surface area contributed by atoms with Crippen LogP contribution in [0.2, 0.25) is 0 Å². The predicted octanol–water partition coefficient (Wildman–Crippen LogP) is 3.20. The lowest BCUT2D eigenvalue weighted by Crippen LogP contribution is -2.47. The third-order valence-corrected chi connectivity index (χ3v) is 4.07. The Morgan fingerprint density at radius 2 is 2.10 bits per heavy atom. The summed E-state index contributed by atoms with van der Waals surface area (Å²) in [7, 11) is 0. The van der Waals surface area contributed by atoms with Crippen molar-refractivity contribution in [2.75, 3.05) is 4.90 Å². The maximum Gasteiger partial charge on any atom is 0.328 e. The number of aryl methyl sites for hydroxylation is 1. The number of aliphatic hydroxyl groups excluding tert-OH is 1. The van der Waals surface area contributed by atoms with Crippen LogP contribution in [0.4, 0.5) is 10.5 Å². The molecule has 21 heavy (non-hydrogen) atoms. The smallest absolute Gasteiger partial charge is 0.328 e. The highest BCUT2D eigenvalue weighted by atomic mass is 16.3. The Labute approximate surface area is 126 Å². The summed E-state index contributed by atoms with van der Waals surface area (Å²) in [5.41, 5.74) is 3.31. The van der Waals surface area contributed by atoms with Crippen molar-refractivity contribution in [3.63, 3.8) is 0 Å². The summed E-state index contributed by atoms with van der Waals surface area (Å²) in [6, 6.07) is 5.70. The number of aliphatic hydroxyl groups is 1. The highest BCUT2D eigenvalue weighted by Crippen LogP contribution is 2.25. The molecule has 0 aromatic heterocycles. The molecular weight excluding hydrogens is 264 g/mol. The zero-order valence-electron chi connectivity index (χ0n) is 13.0. The standard InChI is InChI=1S/C17H24N2O2/c1-4-12(3)10-14-11-15(7-6-13(14)5-2)19-16(20)8-9-18-17(19)21/h6-9,11-12,16,20H,4-5,10H2,1-3H3,(H,18,21). The lowest BCUT2D eigenvalue weighted by Gasteiger charge is -2.29. The molecule has 1 aliphatic rings. The van der Waals surface area contributed by atoms with Crippen molar-refractivity contribution >= 4 is 11.7 Å². The highest BCUT2D eigenvalue weighted by Gasteiger charge is 2.24. The third kappa shape index (κ3) is 3.45. The molecule has 1 aliphatic heterocycles. The minimum Gasteiger partial charge on any atom is -0.369 e. The van der Waals surface area contributed by atoms with Crippen LogP contribution in [-0.4, -0.2) is 17.4 Å². The molecule has 2 atom stereocenters. The summed E-state index contributed by atoms with van der Waals surface area (Å²) in [5, 5.41) is 12.6. The summed E-state index contributed by atoms with van der Waals surface area (Å²) in [6.45, 7) is 6.56. The van der Waals surface area contributed by atoms with Crippen LogP contribution in [0.5, 0.6) is 0 Å². The van der Waals surface area contributed by atoms with Crippen molar-refractivity contribution in [3.8, 4) is 0 Å². The highest BCUT2D eigenvalue weighted by molar-refractivity contribution is 5.94. The van der Waals surface area contributed by atoms with Crippen molar-refractivity contribution in [3.05, 3.63) is 41.6 Å². The van der Waals surface area contributed by atoms with Crippen LogP contribution in [0.1, 0.15) is 38.3 Å². The molecule has 0 spiro atoms. The fourth-order valence-corrected chi connectivity index (χ4v) is 2.57. The minimum absolute atomic E-state index is 0.302.